The molecule has 0 aliphatic carbocycles. The highest BCUT2D eigenvalue weighted by atomic mass is 35.5. The Bertz CT molecular complexity index is 548. The fraction of sp³-hybridized carbons (Fsp3) is 0.438. The lowest BCUT2D eigenvalue weighted by Crippen LogP contribution is -2.35. The van der Waals surface area contributed by atoms with E-state index in [1.54, 1.807) is 12.5 Å². The van der Waals surface area contributed by atoms with Crippen LogP contribution in [0.5, 0.6) is 0 Å². The topological polar surface area (TPSA) is 36.3 Å². The zero-order chi connectivity index (χ0) is 14.5. The Morgan fingerprint density at radius 2 is 1.95 bits per heavy atom. The van der Waals surface area contributed by atoms with Crippen LogP contribution in [0.3, 0.4) is 0 Å². The van der Waals surface area contributed by atoms with Crippen molar-refractivity contribution in [3.63, 3.8) is 0 Å². The van der Waals surface area contributed by atoms with Gasteiger partial charge < -0.3 is 14.0 Å². The van der Waals surface area contributed by atoms with Gasteiger partial charge in [0.25, 0.3) is 0 Å². The Hall–Kier alpha value is -1.36. The normalized spacial score (nSPS) is 17.2. The van der Waals surface area contributed by atoms with Crippen molar-refractivity contribution in [1.82, 2.24) is 9.55 Å². The molecule has 0 saturated carbocycles. The zero-order valence-corrected chi connectivity index (χ0v) is 12.6. The largest absolute Gasteiger partial charge is 0.346 e. The molecular formula is C16H19ClN2O2. The van der Waals surface area contributed by atoms with Crippen molar-refractivity contribution in [1.29, 1.82) is 0 Å². The molecule has 1 aliphatic heterocycles. The van der Waals surface area contributed by atoms with Crippen molar-refractivity contribution in [2.45, 2.75) is 31.6 Å². The average molecular weight is 307 g/mol. The molecule has 1 saturated heterocycles. The number of halogens is 1. The van der Waals surface area contributed by atoms with E-state index in [2.05, 4.69) is 17.1 Å². The molecule has 2 aromatic rings. The van der Waals surface area contributed by atoms with Crippen LogP contribution in [0.4, 0.5) is 0 Å². The van der Waals surface area contributed by atoms with Crippen molar-refractivity contribution in [2.75, 3.05) is 13.2 Å². The van der Waals surface area contributed by atoms with E-state index in [9.17, 15) is 0 Å². The molecule has 4 nitrogen and oxygen atoms in total. The summed E-state index contributed by atoms with van der Waals surface area (Å²) >= 11 is 5.90. The molecule has 1 fully saturated rings. The summed E-state index contributed by atoms with van der Waals surface area (Å²) in [5, 5.41) is 0.776. The minimum atomic E-state index is -0.507. The number of aromatic nitrogens is 2. The summed E-state index contributed by atoms with van der Waals surface area (Å²) in [6.45, 7) is 2.01. The molecule has 0 radical (unpaired) electrons. The summed E-state index contributed by atoms with van der Waals surface area (Å²) < 4.78 is 13.8. The summed E-state index contributed by atoms with van der Waals surface area (Å²) in [6.07, 6.45) is 8.38. The number of rotatable bonds is 6. The summed E-state index contributed by atoms with van der Waals surface area (Å²) in [4.78, 5) is 4.07. The molecule has 1 aromatic carbocycles. The molecule has 0 unspecified atom stereocenters. The van der Waals surface area contributed by atoms with E-state index in [4.69, 9.17) is 21.1 Å². The first-order valence-corrected chi connectivity index (χ1v) is 7.62. The molecule has 112 valence electrons. The van der Waals surface area contributed by atoms with Crippen LogP contribution in [-0.4, -0.2) is 28.6 Å². The molecule has 1 aliphatic rings. The van der Waals surface area contributed by atoms with Gasteiger partial charge in [0.2, 0.25) is 0 Å². The van der Waals surface area contributed by atoms with Gasteiger partial charge in [-0.1, -0.05) is 23.7 Å². The Morgan fingerprint density at radius 3 is 2.62 bits per heavy atom. The van der Waals surface area contributed by atoms with Gasteiger partial charge in [-0.2, -0.15) is 0 Å². The predicted molar refractivity (Wildman–Crippen MR) is 81.3 cm³/mol. The highest BCUT2D eigenvalue weighted by Crippen LogP contribution is 2.28. The second-order valence-corrected chi connectivity index (χ2v) is 5.76. The van der Waals surface area contributed by atoms with Crippen LogP contribution in [0.1, 0.15) is 18.4 Å². The zero-order valence-electron chi connectivity index (χ0n) is 11.9. The molecule has 2 heterocycles. The molecule has 0 spiro atoms. The number of imidazole rings is 1. The van der Waals surface area contributed by atoms with E-state index in [0.717, 1.165) is 24.3 Å². The van der Waals surface area contributed by atoms with Crippen LogP contribution >= 0.6 is 11.6 Å². The van der Waals surface area contributed by atoms with Crippen molar-refractivity contribution in [3.05, 3.63) is 53.6 Å². The Morgan fingerprint density at radius 1 is 1.19 bits per heavy atom. The number of hydrogen-bond donors (Lipinski definition) is 0. The fourth-order valence-electron chi connectivity index (χ4n) is 2.68. The van der Waals surface area contributed by atoms with Crippen LogP contribution in [0, 0.1) is 0 Å². The maximum atomic E-state index is 5.90. The fourth-order valence-corrected chi connectivity index (χ4v) is 2.81. The second kappa shape index (κ2) is 6.60. The van der Waals surface area contributed by atoms with E-state index in [1.165, 1.54) is 5.56 Å². The summed E-state index contributed by atoms with van der Waals surface area (Å²) in [5.41, 5.74) is 1.29. The quantitative estimate of drug-likeness (QED) is 0.821. The third-order valence-electron chi connectivity index (χ3n) is 3.73. The second-order valence-electron chi connectivity index (χ2n) is 5.32. The average Bonchev–Trinajstić information content (AvgIpc) is 3.14. The number of hydrogen-bond acceptors (Lipinski definition) is 3. The molecular weight excluding hydrogens is 288 g/mol. The minimum Gasteiger partial charge on any atom is -0.346 e. The highest BCUT2D eigenvalue weighted by molar-refractivity contribution is 6.30. The molecule has 0 amide bonds. The molecule has 3 rings (SSSR count). The van der Waals surface area contributed by atoms with Gasteiger partial charge in [0.1, 0.15) is 0 Å². The van der Waals surface area contributed by atoms with Gasteiger partial charge in [-0.05, 0) is 30.5 Å². The maximum absolute atomic E-state index is 5.90. The van der Waals surface area contributed by atoms with E-state index in [-0.39, 0.29) is 0 Å². The number of nitrogens with zero attached hydrogens (tertiary/aromatic N) is 2. The summed E-state index contributed by atoms with van der Waals surface area (Å²) in [7, 11) is 0. The number of aryl methyl sites for hydroxylation is 1. The van der Waals surface area contributed by atoms with Crippen LogP contribution in [0.25, 0.3) is 0 Å². The highest BCUT2D eigenvalue weighted by Gasteiger charge is 2.36. The monoisotopic (exact) mass is 306 g/mol. The van der Waals surface area contributed by atoms with Crippen molar-refractivity contribution in [3.8, 4) is 0 Å². The molecule has 21 heavy (non-hydrogen) atoms. The lowest BCUT2D eigenvalue weighted by atomic mass is 10.0. The first kappa shape index (κ1) is 14.6. The Balaban J connectivity index is 1.56. The van der Waals surface area contributed by atoms with Crippen LogP contribution in [0.15, 0.2) is 43.0 Å². The van der Waals surface area contributed by atoms with E-state index >= 15 is 0 Å². The van der Waals surface area contributed by atoms with Crippen molar-refractivity contribution in [2.24, 2.45) is 0 Å². The van der Waals surface area contributed by atoms with Crippen LogP contribution < -0.4 is 0 Å². The summed E-state index contributed by atoms with van der Waals surface area (Å²) in [6, 6.07) is 8.00. The van der Waals surface area contributed by atoms with E-state index < -0.39 is 5.79 Å². The number of ether oxygens (including phenoxy) is 2. The van der Waals surface area contributed by atoms with Crippen molar-refractivity contribution >= 4 is 11.6 Å². The standard InChI is InChI=1S/C16H19ClN2O2/c17-15-5-3-14(4-6-15)2-1-7-16(20-10-11-21-16)12-19-9-8-18-13-19/h3-6,8-9,13H,1-2,7,10-12H2. The lowest BCUT2D eigenvalue weighted by Gasteiger charge is -2.27. The van der Waals surface area contributed by atoms with Crippen LogP contribution in [0.2, 0.25) is 5.02 Å². The lowest BCUT2D eigenvalue weighted by molar-refractivity contribution is -0.172. The molecule has 5 heteroatoms. The molecule has 0 N–H and O–H groups in total. The first-order chi connectivity index (χ1) is 10.3. The van der Waals surface area contributed by atoms with Gasteiger partial charge in [-0.3, -0.25) is 0 Å². The maximum Gasteiger partial charge on any atom is 0.186 e. The Kier molecular flexibility index (Phi) is 4.58. The van der Waals surface area contributed by atoms with Gasteiger partial charge >= 0.3 is 0 Å². The Labute approximate surface area is 129 Å². The SMILES string of the molecule is Clc1ccc(CCCC2(Cn3ccnc3)OCCO2)cc1. The molecule has 0 atom stereocenters. The summed E-state index contributed by atoms with van der Waals surface area (Å²) in [5.74, 6) is -0.507. The van der Waals surface area contributed by atoms with E-state index in [0.29, 0.717) is 19.8 Å². The number of benzene rings is 1. The van der Waals surface area contributed by atoms with Gasteiger partial charge in [0, 0.05) is 23.8 Å². The van der Waals surface area contributed by atoms with E-state index in [1.807, 2.05) is 22.9 Å². The third-order valence-corrected chi connectivity index (χ3v) is 3.98. The minimum absolute atomic E-state index is 0.507. The molecule has 0 bridgehead atoms. The van der Waals surface area contributed by atoms with Gasteiger partial charge in [-0.15, -0.1) is 0 Å². The van der Waals surface area contributed by atoms with Crippen LogP contribution in [-0.2, 0) is 22.4 Å². The first-order valence-electron chi connectivity index (χ1n) is 7.24. The van der Waals surface area contributed by atoms with Gasteiger partial charge in [0.05, 0.1) is 26.1 Å². The van der Waals surface area contributed by atoms with Gasteiger partial charge in [-0.25, -0.2) is 4.98 Å². The van der Waals surface area contributed by atoms with Gasteiger partial charge in [0.15, 0.2) is 5.79 Å². The van der Waals surface area contributed by atoms with Crippen molar-refractivity contribution < 1.29 is 9.47 Å². The third kappa shape index (κ3) is 3.84. The predicted octanol–water partition coefficient (Wildman–Crippen LogP) is 3.30. The molecule has 1 aromatic heterocycles. The smallest absolute Gasteiger partial charge is 0.186 e.